The van der Waals surface area contributed by atoms with E-state index in [4.69, 9.17) is 0 Å². The van der Waals surface area contributed by atoms with Crippen LogP contribution in [0.4, 0.5) is 5.13 Å². The molecule has 0 saturated heterocycles. The second-order valence-electron chi connectivity index (χ2n) is 5.06. The van der Waals surface area contributed by atoms with E-state index in [1.807, 2.05) is 6.92 Å². The van der Waals surface area contributed by atoms with Crippen molar-refractivity contribution in [2.45, 2.75) is 43.5 Å². The Morgan fingerprint density at radius 2 is 2.05 bits per heavy atom. The Kier molecular flexibility index (Phi) is 4.00. The molecule has 0 aromatic carbocycles. The van der Waals surface area contributed by atoms with E-state index in [0.717, 1.165) is 22.0 Å². The molecule has 2 aromatic heterocycles. The quantitative estimate of drug-likeness (QED) is 0.840. The van der Waals surface area contributed by atoms with E-state index >= 15 is 0 Å². The minimum absolute atomic E-state index is 0.302. The molecule has 114 valence electrons. The average molecular weight is 344 g/mol. The number of nitrogens with one attached hydrogen (secondary N) is 2. The molecule has 0 unspecified atom stereocenters. The van der Waals surface area contributed by atoms with Gasteiger partial charge in [0.15, 0.2) is 0 Å². The summed E-state index contributed by atoms with van der Waals surface area (Å²) in [6, 6.07) is 2.32. The molecule has 0 spiro atoms. The third kappa shape index (κ3) is 3.60. The van der Waals surface area contributed by atoms with Gasteiger partial charge in [-0.2, -0.15) is 0 Å². The van der Waals surface area contributed by atoms with Gasteiger partial charge in [-0.25, -0.2) is 8.42 Å². The SMILES string of the molecule is Cc1nnc(NS(=O)(=O)c2cc(C)c(CNC3CC3)s2)s1. The van der Waals surface area contributed by atoms with Crippen molar-refractivity contribution in [2.24, 2.45) is 0 Å². The van der Waals surface area contributed by atoms with Gasteiger partial charge in [0.1, 0.15) is 9.22 Å². The van der Waals surface area contributed by atoms with Crippen LogP contribution in [0, 0.1) is 13.8 Å². The smallest absolute Gasteiger partial charge is 0.273 e. The topological polar surface area (TPSA) is 84.0 Å². The highest BCUT2D eigenvalue weighted by Gasteiger charge is 2.23. The minimum atomic E-state index is -3.58. The molecule has 0 radical (unpaired) electrons. The van der Waals surface area contributed by atoms with Gasteiger partial charge in [0.25, 0.3) is 10.0 Å². The Labute approximate surface area is 131 Å². The molecule has 0 aliphatic heterocycles. The van der Waals surface area contributed by atoms with Crippen LogP contribution in [0.25, 0.3) is 0 Å². The molecule has 2 aromatic rings. The van der Waals surface area contributed by atoms with Crippen LogP contribution in [0.3, 0.4) is 0 Å². The predicted octanol–water partition coefficient (Wildman–Crippen LogP) is 2.27. The number of anilines is 1. The highest BCUT2D eigenvalue weighted by atomic mass is 32.2. The van der Waals surface area contributed by atoms with Gasteiger partial charge >= 0.3 is 0 Å². The maximum absolute atomic E-state index is 12.3. The summed E-state index contributed by atoms with van der Waals surface area (Å²) in [7, 11) is -3.58. The molecule has 1 aliphatic rings. The van der Waals surface area contributed by atoms with E-state index in [9.17, 15) is 8.42 Å². The fraction of sp³-hybridized carbons (Fsp3) is 0.500. The van der Waals surface area contributed by atoms with Gasteiger partial charge in [-0.3, -0.25) is 4.72 Å². The molecule has 9 heteroatoms. The predicted molar refractivity (Wildman–Crippen MR) is 84.4 cm³/mol. The van der Waals surface area contributed by atoms with Crippen molar-refractivity contribution in [1.82, 2.24) is 15.5 Å². The van der Waals surface area contributed by atoms with Gasteiger partial charge in [0, 0.05) is 17.5 Å². The van der Waals surface area contributed by atoms with E-state index in [0.29, 0.717) is 15.4 Å². The third-order valence-corrected chi connectivity index (χ3v) is 7.07. The number of aryl methyl sites for hydroxylation is 2. The number of hydrogen-bond donors (Lipinski definition) is 2. The van der Waals surface area contributed by atoms with Gasteiger partial charge in [0.05, 0.1) is 0 Å². The Bertz CT molecular complexity index is 746. The number of rotatable bonds is 6. The summed E-state index contributed by atoms with van der Waals surface area (Å²) in [5, 5.41) is 12.0. The Morgan fingerprint density at radius 3 is 2.67 bits per heavy atom. The zero-order valence-electron chi connectivity index (χ0n) is 11.7. The second-order valence-corrected chi connectivity index (χ2v) is 9.29. The van der Waals surface area contributed by atoms with Crippen LogP contribution in [0.2, 0.25) is 0 Å². The number of aromatic nitrogens is 2. The first-order valence-electron chi connectivity index (χ1n) is 6.59. The monoisotopic (exact) mass is 344 g/mol. The number of hydrogen-bond acceptors (Lipinski definition) is 7. The molecule has 21 heavy (non-hydrogen) atoms. The molecule has 2 heterocycles. The normalized spacial score (nSPS) is 15.3. The Hall–Kier alpha value is -1.03. The van der Waals surface area contributed by atoms with Gasteiger partial charge in [-0.15, -0.1) is 21.5 Å². The average Bonchev–Trinajstić information content (AvgIpc) is 3.04. The fourth-order valence-electron chi connectivity index (χ4n) is 1.82. The van der Waals surface area contributed by atoms with E-state index in [-0.39, 0.29) is 0 Å². The fourth-order valence-corrected chi connectivity index (χ4v) is 5.19. The van der Waals surface area contributed by atoms with Crippen LogP contribution >= 0.6 is 22.7 Å². The molecule has 0 bridgehead atoms. The largest absolute Gasteiger partial charge is 0.309 e. The van der Waals surface area contributed by atoms with Crippen LogP contribution in [-0.2, 0) is 16.6 Å². The lowest BCUT2D eigenvalue weighted by molar-refractivity contribution is 0.603. The number of nitrogens with zero attached hydrogens (tertiary/aromatic N) is 2. The maximum atomic E-state index is 12.3. The molecule has 3 rings (SSSR count). The molecule has 1 aliphatic carbocycles. The van der Waals surface area contributed by atoms with Crippen molar-refractivity contribution in [2.75, 3.05) is 4.72 Å². The van der Waals surface area contributed by atoms with Crippen LogP contribution in [0.1, 0.15) is 28.3 Å². The third-order valence-electron chi connectivity index (χ3n) is 3.14. The lowest BCUT2D eigenvalue weighted by Gasteiger charge is -2.01. The summed E-state index contributed by atoms with van der Waals surface area (Å²) in [5.41, 5.74) is 1.00. The Balaban J connectivity index is 1.76. The lowest BCUT2D eigenvalue weighted by Crippen LogP contribution is -2.14. The van der Waals surface area contributed by atoms with Crippen molar-refractivity contribution in [3.8, 4) is 0 Å². The standard InChI is InChI=1S/C12H16N4O2S3/c1-7-5-11(20-10(7)6-13-9-3-4-9)21(17,18)16-12-15-14-8(2)19-12/h5,9,13H,3-4,6H2,1-2H3,(H,15,16). The molecule has 6 nitrogen and oxygen atoms in total. The molecular weight excluding hydrogens is 328 g/mol. The first-order chi connectivity index (χ1) is 9.94. The van der Waals surface area contributed by atoms with Crippen molar-refractivity contribution >= 4 is 37.8 Å². The van der Waals surface area contributed by atoms with E-state index in [1.54, 1.807) is 13.0 Å². The first kappa shape index (κ1) is 14.9. The summed E-state index contributed by atoms with van der Waals surface area (Å²) in [6.45, 7) is 4.45. The van der Waals surface area contributed by atoms with Crippen LogP contribution in [0.15, 0.2) is 10.3 Å². The molecule has 0 atom stereocenters. The first-order valence-corrected chi connectivity index (χ1v) is 9.71. The van der Waals surface area contributed by atoms with E-state index in [1.165, 1.54) is 35.5 Å². The summed E-state index contributed by atoms with van der Waals surface area (Å²) in [4.78, 5) is 1.07. The second kappa shape index (κ2) is 5.64. The highest BCUT2D eigenvalue weighted by Crippen LogP contribution is 2.29. The number of sulfonamides is 1. The van der Waals surface area contributed by atoms with E-state index < -0.39 is 10.0 Å². The molecule has 0 amide bonds. The molecule has 1 saturated carbocycles. The Morgan fingerprint density at radius 1 is 1.29 bits per heavy atom. The minimum Gasteiger partial charge on any atom is -0.309 e. The van der Waals surface area contributed by atoms with E-state index in [2.05, 4.69) is 20.2 Å². The highest BCUT2D eigenvalue weighted by molar-refractivity contribution is 7.94. The zero-order valence-corrected chi connectivity index (χ0v) is 14.2. The summed E-state index contributed by atoms with van der Waals surface area (Å²) in [6.07, 6.45) is 2.43. The van der Waals surface area contributed by atoms with Crippen LogP contribution in [-0.4, -0.2) is 24.7 Å². The van der Waals surface area contributed by atoms with Gasteiger partial charge in [0.2, 0.25) is 5.13 Å². The van der Waals surface area contributed by atoms with Crippen molar-refractivity contribution in [3.05, 3.63) is 21.5 Å². The van der Waals surface area contributed by atoms with Crippen molar-refractivity contribution < 1.29 is 8.42 Å². The molecule has 1 fully saturated rings. The van der Waals surface area contributed by atoms with Crippen molar-refractivity contribution in [3.63, 3.8) is 0 Å². The summed E-state index contributed by atoms with van der Waals surface area (Å²) >= 11 is 2.53. The maximum Gasteiger partial charge on any atom is 0.273 e. The zero-order chi connectivity index (χ0) is 15.0. The van der Waals surface area contributed by atoms with Gasteiger partial charge < -0.3 is 5.32 Å². The molecular formula is C12H16N4O2S3. The van der Waals surface area contributed by atoms with Crippen LogP contribution in [0.5, 0.6) is 0 Å². The molecule has 2 N–H and O–H groups in total. The number of thiophene rings is 1. The van der Waals surface area contributed by atoms with Gasteiger partial charge in [-0.1, -0.05) is 11.3 Å². The summed E-state index contributed by atoms with van der Waals surface area (Å²) in [5.74, 6) is 0. The lowest BCUT2D eigenvalue weighted by atomic mass is 10.3. The summed E-state index contributed by atoms with van der Waals surface area (Å²) < 4.78 is 27.5. The van der Waals surface area contributed by atoms with Crippen molar-refractivity contribution in [1.29, 1.82) is 0 Å². The van der Waals surface area contributed by atoms with Crippen LogP contribution < -0.4 is 10.0 Å². The van der Waals surface area contributed by atoms with Gasteiger partial charge in [-0.05, 0) is 38.3 Å².